The molecule has 0 saturated carbocycles. The first-order valence-electron chi connectivity index (χ1n) is 7.52. The van der Waals surface area contributed by atoms with Crippen LogP contribution in [-0.4, -0.2) is 24.7 Å². The average Bonchev–Trinajstić information content (AvgIpc) is 2.93. The van der Waals surface area contributed by atoms with E-state index in [1.807, 2.05) is 30.7 Å². The molecule has 0 unspecified atom stereocenters. The van der Waals surface area contributed by atoms with Crippen LogP contribution in [0.25, 0.3) is 10.2 Å². The first-order chi connectivity index (χ1) is 12.0. The maximum Gasteiger partial charge on any atom is 0.283 e. The van der Waals surface area contributed by atoms with Crippen molar-refractivity contribution < 1.29 is 14.3 Å². The number of ether oxygens (including phenoxy) is 2. The predicted octanol–water partition coefficient (Wildman–Crippen LogP) is 3.96. The Kier molecular flexibility index (Phi) is 4.83. The van der Waals surface area contributed by atoms with Crippen LogP contribution in [0.1, 0.15) is 15.9 Å². The van der Waals surface area contributed by atoms with Crippen molar-refractivity contribution in [3.8, 4) is 11.5 Å². The van der Waals surface area contributed by atoms with Gasteiger partial charge in [-0.15, -0.1) is 0 Å². The summed E-state index contributed by atoms with van der Waals surface area (Å²) in [6.45, 7) is 1.95. The monoisotopic (exact) mass is 376 g/mol. The van der Waals surface area contributed by atoms with E-state index in [4.69, 9.17) is 21.1 Å². The van der Waals surface area contributed by atoms with E-state index in [-0.39, 0.29) is 5.91 Å². The summed E-state index contributed by atoms with van der Waals surface area (Å²) in [4.78, 5) is 17.6. The van der Waals surface area contributed by atoms with Crippen LogP contribution in [0, 0.1) is 6.92 Å². The molecule has 1 amide bonds. The summed E-state index contributed by atoms with van der Waals surface area (Å²) in [6, 6.07) is 8.84. The van der Waals surface area contributed by atoms with Gasteiger partial charge in [-0.1, -0.05) is 22.9 Å². The number of aromatic nitrogens is 1. The molecule has 3 rings (SSSR count). The summed E-state index contributed by atoms with van der Waals surface area (Å²) in [7, 11) is 4.94. The number of nitrogens with zero attached hydrogens (tertiary/aromatic N) is 2. The highest BCUT2D eigenvalue weighted by atomic mass is 35.5. The second-order valence-corrected chi connectivity index (χ2v) is 6.86. The first kappa shape index (κ1) is 17.5. The molecule has 0 atom stereocenters. The molecule has 3 aromatic rings. The Balaban J connectivity index is 2.16. The fourth-order valence-corrected chi connectivity index (χ4v) is 3.87. The Morgan fingerprint density at radius 3 is 2.64 bits per heavy atom. The molecule has 1 aromatic heterocycles. The van der Waals surface area contributed by atoms with Gasteiger partial charge in [-0.2, -0.15) is 4.99 Å². The molecule has 0 radical (unpaired) electrons. The second-order valence-electron chi connectivity index (χ2n) is 5.45. The van der Waals surface area contributed by atoms with Gasteiger partial charge in [0.1, 0.15) is 11.5 Å². The molecule has 1 heterocycles. The number of hydrogen-bond acceptors (Lipinski definition) is 4. The third-order valence-electron chi connectivity index (χ3n) is 3.99. The lowest BCUT2D eigenvalue weighted by molar-refractivity contribution is 0.0994. The summed E-state index contributed by atoms with van der Waals surface area (Å²) in [5, 5.41) is 0.688. The number of amides is 1. The fourth-order valence-electron chi connectivity index (χ4n) is 2.64. The molecule has 0 saturated heterocycles. The largest absolute Gasteiger partial charge is 0.497 e. The van der Waals surface area contributed by atoms with Crippen LogP contribution in [0.3, 0.4) is 0 Å². The fraction of sp³-hybridized carbons (Fsp3) is 0.222. The van der Waals surface area contributed by atoms with Gasteiger partial charge >= 0.3 is 0 Å². The number of hydrogen-bond donors (Lipinski definition) is 0. The summed E-state index contributed by atoms with van der Waals surface area (Å²) in [5.74, 6) is 0.641. The van der Waals surface area contributed by atoms with E-state index >= 15 is 0 Å². The number of halogens is 1. The number of aryl methyl sites for hydroxylation is 2. The van der Waals surface area contributed by atoms with Crippen molar-refractivity contribution >= 4 is 39.1 Å². The van der Waals surface area contributed by atoms with Gasteiger partial charge in [0.15, 0.2) is 4.80 Å². The molecule has 130 valence electrons. The summed E-state index contributed by atoms with van der Waals surface area (Å²) in [6.07, 6.45) is 0. The Hall–Kier alpha value is -2.31. The van der Waals surface area contributed by atoms with Crippen LogP contribution >= 0.6 is 22.9 Å². The first-order valence-corrected chi connectivity index (χ1v) is 8.71. The molecule has 0 aliphatic heterocycles. The minimum Gasteiger partial charge on any atom is -0.497 e. The zero-order chi connectivity index (χ0) is 18.1. The minimum atomic E-state index is -0.387. The highest BCUT2D eigenvalue weighted by Gasteiger charge is 2.15. The second kappa shape index (κ2) is 6.90. The number of methoxy groups -OCH3 is 2. The maximum atomic E-state index is 12.7. The highest BCUT2D eigenvalue weighted by molar-refractivity contribution is 7.16. The van der Waals surface area contributed by atoms with Gasteiger partial charge in [0.05, 0.1) is 30.0 Å². The van der Waals surface area contributed by atoms with Crippen molar-refractivity contribution in [3.63, 3.8) is 0 Å². The number of rotatable bonds is 3. The van der Waals surface area contributed by atoms with E-state index in [1.54, 1.807) is 25.3 Å². The van der Waals surface area contributed by atoms with Crippen molar-refractivity contribution in [1.82, 2.24) is 4.57 Å². The van der Waals surface area contributed by atoms with Crippen LogP contribution < -0.4 is 14.3 Å². The summed E-state index contributed by atoms with van der Waals surface area (Å²) >= 11 is 7.64. The Morgan fingerprint density at radius 1 is 1.20 bits per heavy atom. The van der Waals surface area contributed by atoms with Crippen molar-refractivity contribution in [2.24, 2.45) is 12.0 Å². The van der Waals surface area contributed by atoms with E-state index in [0.29, 0.717) is 26.9 Å². The third kappa shape index (κ3) is 3.15. The van der Waals surface area contributed by atoms with Gasteiger partial charge in [0, 0.05) is 12.1 Å². The quantitative estimate of drug-likeness (QED) is 0.695. The Morgan fingerprint density at radius 2 is 1.96 bits per heavy atom. The molecule has 0 aliphatic rings. The highest BCUT2D eigenvalue weighted by Crippen LogP contribution is 2.27. The van der Waals surface area contributed by atoms with Crippen molar-refractivity contribution in [1.29, 1.82) is 0 Å². The topological polar surface area (TPSA) is 52.8 Å². The molecular formula is C18H17ClN2O3S. The Labute approximate surface area is 154 Å². The predicted molar refractivity (Wildman–Crippen MR) is 100.0 cm³/mol. The molecule has 0 aliphatic carbocycles. The van der Waals surface area contributed by atoms with Crippen molar-refractivity contribution in [2.45, 2.75) is 6.92 Å². The van der Waals surface area contributed by atoms with Gasteiger partial charge in [-0.3, -0.25) is 4.79 Å². The summed E-state index contributed by atoms with van der Waals surface area (Å²) in [5.41, 5.74) is 2.29. The van der Waals surface area contributed by atoms with Crippen LogP contribution in [0.2, 0.25) is 5.02 Å². The number of benzene rings is 2. The third-order valence-corrected chi connectivity index (χ3v) is 5.49. The number of fused-ring (bicyclic) bond motifs is 1. The van der Waals surface area contributed by atoms with Gasteiger partial charge in [0.2, 0.25) is 0 Å². The molecule has 0 N–H and O–H groups in total. The summed E-state index contributed by atoms with van der Waals surface area (Å²) < 4.78 is 13.4. The molecular weight excluding hydrogens is 360 g/mol. The molecule has 7 heteroatoms. The SMILES string of the molecule is COc1ccc(OC)c(C(=O)N=c2sc3ccc(Cl)c(C)c3n2C)c1. The standard InChI is InChI=1S/C18H17ClN2O3S/c1-10-13(19)6-8-15-16(10)21(2)18(25-15)20-17(22)12-9-11(23-3)5-7-14(12)24-4/h5-9H,1-4H3. The maximum absolute atomic E-state index is 12.7. The van der Waals surface area contributed by atoms with Crippen LogP contribution in [0.4, 0.5) is 0 Å². The van der Waals surface area contributed by atoms with Crippen LogP contribution in [0.5, 0.6) is 11.5 Å². The molecule has 0 bridgehead atoms. The van der Waals surface area contributed by atoms with E-state index in [0.717, 1.165) is 15.8 Å². The van der Waals surface area contributed by atoms with Crippen LogP contribution in [0.15, 0.2) is 35.3 Å². The van der Waals surface area contributed by atoms with E-state index in [9.17, 15) is 4.79 Å². The zero-order valence-corrected chi connectivity index (χ0v) is 15.9. The lowest BCUT2D eigenvalue weighted by Crippen LogP contribution is -2.14. The molecule has 5 nitrogen and oxygen atoms in total. The van der Waals surface area contributed by atoms with Gasteiger partial charge < -0.3 is 14.0 Å². The van der Waals surface area contributed by atoms with E-state index in [1.165, 1.54) is 18.4 Å². The number of thiazole rings is 1. The smallest absolute Gasteiger partial charge is 0.283 e. The number of carbonyl (C=O) groups is 1. The van der Waals surface area contributed by atoms with Gasteiger partial charge in [0.25, 0.3) is 5.91 Å². The van der Waals surface area contributed by atoms with Crippen molar-refractivity contribution in [3.05, 3.63) is 51.3 Å². The van der Waals surface area contributed by atoms with E-state index in [2.05, 4.69) is 4.99 Å². The normalized spacial score (nSPS) is 11.8. The Bertz CT molecular complexity index is 1040. The lowest BCUT2D eigenvalue weighted by atomic mass is 10.2. The average molecular weight is 377 g/mol. The number of carbonyl (C=O) groups excluding carboxylic acids is 1. The van der Waals surface area contributed by atoms with E-state index < -0.39 is 0 Å². The van der Waals surface area contributed by atoms with Crippen LogP contribution in [-0.2, 0) is 7.05 Å². The minimum absolute atomic E-state index is 0.356. The van der Waals surface area contributed by atoms with Gasteiger partial charge in [-0.05, 0) is 42.8 Å². The molecule has 2 aromatic carbocycles. The molecule has 25 heavy (non-hydrogen) atoms. The van der Waals surface area contributed by atoms with Gasteiger partial charge in [-0.25, -0.2) is 0 Å². The molecule has 0 fully saturated rings. The van der Waals surface area contributed by atoms with Crippen molar-refractivity contribution in [2.75, 3.05) is 14.2 Å². The zero-order valence-electron chi connectivity index (χ0n) is 14.3. The molecule has 0 spiro atoms. The lowest BCUT2D eigenvalue weighted by Gasteiger charge is -2.07.